The number of nitrogens with one attached hydrogen (secondary N) is 2. The predicted octanol–water partition coefficient (Wildman–Crippen LogP) is 6.20. The van der Waals surface area contributed by atoms with Gasteiger partial charge in [0.1, 0.15) is 11.5 Å². The summed E-state index contributed by atoms with van der Waals surface area (Å²) in [5.41, 5.74) is 2.97. The summed E-state index contributed by atoms with van der Waals surface area (Å²) in [6, 6.07) is 16.7. The van der Waals surface area contributed by atoms with Crippen LogP contribution in [0.4, 0.5) is 11.4 Å². The van der Waals surface area contributed by atoms with E-state index in [0.29, 0.717) is 11.4 Å². The number of phenolic OH excluding ortho intramolecular Hbond substituents is 2. The number of phenols is 2. The third-order valence-corrected chi connectivity index (χ3v) is 5.62. The average Bonchev–Trinajstić information content (AvgIpc) is 2.74. The van der Waals surface area contributed by atoms with E-state index in [4.69, 9.17) is 0 Å². The summed E-state index contributed by atoms with van der Waals surface area (Å²) in [4.78, 5) is 25.5. The highest BCUT2D eigenvalue weighted by molar-refractivity contribution is 6.07. The lowest BCUT2D eigenvalue weighted by Gasteiger charge is -2.20. The van der Waals surface area contributed by atoms with Crippen LogP contribution in [0.3, 0.4) is 0 Å². The SMILES string of the molecule is CC(C)(C)c1ccc(O)c(C(=O)Nc2ccc(NC(=O)c3cc(C(C)(C)C)ccc3O)cc2)c1. The highest BCUT2D eigenvalue weighted by Gasteiger charge is 2.20. The minimum absolute atomic E-state index is 0.0910. The molecule has 0 aliphatic rings. The minimum Gasteiger partial charge on any atom is -0.507 e. The van der Waals surface area contributed by atoms with Gasteiger partial charge in [0.05, 0.1) is 11.1 Å². The Kier molecular flexibility index (Phi) is 6.73. The summed E-state index contributed by atoms with van der Waals surface area (Å²) in [5.74, 6) is -1.04. The maximum absolute atomic E-state index is 12.7. The van der Waals surface area contributed by atoms with Gasteiger partial charge in [0.25, 0.3) is 11.8 Å². The number of anilines is 2. The second kappa shape index (κ2) is 9.21. The van der Waals surface area contributed by atoms with Gasteiger partial charge in [0.2, 0.25) is 0 Å². The summed E-state index contributed by atoms with van der Waals surface area (Å²) in [5, 5.41) is 25.9. The third-order valence-electron chi connectivity index (χ3n) is 5.62. The van der Waals surface area contributed by atoms with Crippen LogP contribution in [-0.4, -0.2) is 22.0 Å². The van der Waals surface area contributed by atoms with E-state index in [0.717, 1.165) is 11.1 Å². The first-order valence-electron chi connectivity index (χ1n) is 11.2. The van der Waals surface area contributed by atoms with Crippen LogP contribution in [0.15, 0.2) is 60.7 Å². The molecule has 4 N–H and O–H groups in total. The Morgan fingerprint density at radius 3 is 1.21 bits per heavy atom. The molecular formula is C28H32N2O4. The lowest BCUT2D eigenvalue weighted by Crippen LogP contribution is -2.16. The number of hydrogen-bond donors (Lipinski definition) is 4. The molecule has 3 aromatic rings. The summed E-state index contributed by atoms with van der Waals surface area (Å²) in [7, 11) is 0. The maximum Gasteiger partial charge on any atom is 0.259 e. The molecule has 0 heterocycles. The van der Waals surface area contributed by atoms with Gasteiger partial charge in [-0.25, -0.2) is 0 Å². The normalized spacial score (nSPS) is 11.7. The van der Waals surface area contributed by atoms with Crippen LogP contribution in [0.2, 0.25) is 0 Å². The first-order chi connectivity index (χ1) is 15.8. The van der Waals surface area contributed by atoms with Gasteiger partial charge in [-0.3, -0.25) is 9.59 Å². The second-order valence-electron chi connectivity index (χ2n) is 10.4. The molecule has 178 valence electrons. The summed E-state index contributed by atoms with van der Waals surface area (Å²) in [6.07, 6.45) is 0. The molecule has 0 fully saturated rings. The fourth-order valence-electron chi connectivity index (χ4n) is 3.40. The van der Waals surface area contributed by atoms with Gasteiger partial charge in [-0.05, 0) is 70.5 Å². The van der Waals surface area contributed by atoms with Gasteiger partial charge in [-0.2, -0.15) is 0 Å². The lowest BCUT2D eigenvalue weighted by molar-refractivity contribution is 0.101. The van der Waals surface area contributed by atoms with Crippen LogP contribution >= 0.6 is 0 Å². The van der Waals surface area contributed by atoms with Gasteiger partial charge in [0, 0.05) is 11.4 Å². The van der Waals surface area contributed by atoms with Crippen LogP contribution in [-0.2, 0) is 10.8 Å². The molecule has 0 unspecified atom stereocenters. The Labute approximate surface area is 200 Å². The summed E-state index contributed by atoms with van der Waals surface area (Å²) >= 11 is 0. The molecular weight excluding hydrogens is 428 g/mol. The van der Waals surface area contributed by atoms with E-state index in [1.54, 1.807) is 48.5 Å². The molecule has 3 rings (SSSR count). The zero-order valence-corrected chi connectivity index (χ0v) is 20.5. The monoisotopic (exact) mass is 460 g/mol. The first-order valence-corrected chi connectivity index (χ1v) is 11.2. The summed E-state index contributed by atoms with van der Waals surface area (Å²) < 4.78 is 0. The number of carbonyl (C=O) groups is 2. The van der Waals surface area contributed by atoms with Gasteiger partial charge in [-0.15, -0.1) is 0 Å². The van der Waals surface area contributed by atoms with Crippen molar-refractivity contribution in [2.24, 2.45) is 0 Å². The van der Waals surface area contributed by atoms with Crippen molar-refractivity contribution >= 4 is 23.2 Å². The Hall–Kier alpha value is -3.80. The van der Waals surface area contributed by atoms with Crippen LogP contribution in [0, 0.1) is 0 Å². The molecule has 6 heteroatoms. The van der Waals surface area contributed by atoms with Crippen LogP contribution in [0.25, 0.3) is 0 Å². The largest absolute Gasteiger partial charge is 0.507 e. The van der Waals surface area contributed by atoms with E-state index in [1.165, 1.54) is 12.1 Å². The summed E-state index contributed by atoms with van der Waals surface area (Å²) in [6.45, 7) is 12.2. The number of rotatable bonds is 4. The van der Waals surface area contributed by atoms with E-state index in [9.17, 15) is 19.8 Å². The highest BCUT2D eigenvalue weighted by atomic mass is 16.3. The van der Waals surface area contributed by atoms with E-state index >= 15 is 0 Å². The number of benzene rings is 3. The predicted molar refractivity (Wildman–Crippen MR) is 136 cm³/mol. The molecule has 0 bridgehead atoms. The fraction of sp³-hybridized carbons (Fsp3) is 0.286. The van der Waals surface area contributed by atoms with Crippen molar-refractivity contribution in [3.63, 3.8) is 0 Å². The van der Waals surface area contributed by atoms with Crippen LogP contribution < -0.4 is 10.6 Å². The van der Waals surface area contributed by atoms with Crippen molar-refractivity contribution in [2.75, 3.05) is 10.6 Å². The molecule has 0 aliphatic carbocycles. The molecule has 2 amide bonds. The van der Waals surface area contributed by atoms with Gasteiger partial charge in [0.15, 0.2) is 0 Å². The Bertz CT molecular complexity index is 1120. The zero-order valence-electron chi connectivity index (χ0n) is 20.5. The molecule has 34 heavy (non-hydrogen) atoms. The molecule has 3 aromatic carbocycles. The van der Waals surface area contributed by atoms with Gasteiger partial charge < -0.3 is 20.8 Å². The molecule has 0 spiro atoms. The first kappa shape index (κ1) is 24.8. The van der Waals surface area contributed by atoms with E-state index in [-0.39, 0.29) is 33.5 Å². The van der Waals surface area contributed by atoms with E-state index in [1.807, 2.05) is 41.5 Å². The minimum atomic E-state index is -0.427. The smallest absolute Gasteiger partial charge is 0.259 e. The third kappa shape index (κ3) is 5.76. The standard InChI is InChI=1S/C28H32N2O4/c1-27(2,3)17-7-13-23(31)21(15-17)25(33)29-19-9-11-20(12-10-19)30-26(34)22-16-18(28(4,5)6)8-14-24(22)32/h7-16,31-32H,1-6H3,(H,29,33)(H,30,34). The molecule has 0 saturated heterocycles. The molecule has 0 atom stereocenters. The van der Waals surface area contributed by atoms with Crippen molar-refractivity contribution in [1.29, 1.82) is 0 Å². The van der Waals surface area contributed by atoms with Crippen molar-refractivity contribution in [1.82, 2.24) is 0 Å². The number of hydrogen-bond acceptors (Lipinski definition) is 4. The topological polar surface area (TPSA) is 98.7 Å². The number of amides is 2. The van der Waals surface area contributed by atoms with Gasteiger partial charge >= 0.3 is 0 Å². The quantitative estimate of drug-likeness (QED) is 0.373. The molecule has 0 saturated carbocycles. The number of aromatic hydroxyl groups is 2. The van der Waals surface area contributed by atoms with Crippen LogP contribution in [0.1, 0.15) is 73.4 Å². The molecule has 0 radical (unpaired) electrons. The van der Waals surface area contributed by atoms with Crippen LogP contribution in [0.5, 0.6) is 11.5 Å². The lowest BCUT2D eigenvalue weighted by atomic mass is 9.86. The van der Waals surface area contributed by atoms with E-state index < -0.39 is 11.8 Å². The maximum atomic E-state index is 12.7. The molecule has 0 aliphatic heterocycles. The van der Waals surface area contributed by atoms with Crippen molar-refractivity contribution in [3.8, 4) is 11.5 Å². The Balaban J connectivity index is 1.73. The second-order valence-corrected chi connectivity index (χ2v) is 10.4. The highest BCUT2D eigenvalue weighted by Crippen LogP contribution is 2.29. The van der Waals surface area contributed by atoms with Crippen molar-refractivity contribution in [2.45, 2.75) is 52.4 Å². The Morgan fingerprint density at radius 1 is 0.588 bits per heavy atom. The van der Waals surface area contributed by atoms with Gasteiger partial charge in [-0.1, -0.05) is 53.7 Å². The average molecular weight is 461 g/mol. The fourth-order valence-corrected chi connectivity index (χ4v) is 3.40. The molecule has 0 aromatic heterocycles. The van der Waals surface area contributed by atoms with E-state index in [2.05, 4.69) is 10.6 Å². The number of carbonyl (C=O) groups excluding carboxylic acids is 2. The molecule has 6 nitrogen and oxygen atoms in total. The zero-order chi connectivity index (χ0) is 25.3. The van der Waals surface area contributed by atoms with Crippen molar-refractivity contribution in [3.05, 3.63) is 82.9 Å². The Morgan fingerprint density at radius 2 is 0.912 bits per heavy atom. The van der Waals surface area contributed by atoms with Crippen molar-refractivity contribution < 1.29 is 19.8 Å².